The quantitative estimate of drug-likeness (QED) is 0.912. The molecule has 4 heteroatoms. The van der Waals surface area contributed by atoms with E-state index in [0.717, 1.165) is 25.2 Å². The maximum atomic E-state index is 4.51. The van der Waals surface area contributed by atoms with Gasteiger partial charge in [-0.05, 0) is 18.1 Å². The van der Waals surface area contributed by atoms with Gasteiger partial charge in [0.15, 0.2) is 0 Å². The SMILES string of the molecule is CCc1cccnc1CNCc1cnc(C(C)(C)C)s1. The van der Waals surface area contributed by atoms with Gasteiger partial charge in [-0.2, -0.15) is 0 Å². The minimum Gasteiger partial charge on any atom is -0.306 e. The topological polar surface area (TPSA) is 37.8 Å². The Bertz CT molecular complexity index is 555. The van der Waals surface area contributed by atoms with Gasteiger partial charge in [-0.15, -0.1) is 11.3 Å². The summed E-state index contributed by atoms with van der Waals surface area (Å²) in [7, 11) is 0. The van der Waals surface area contributed by atoms with E-state index in [1.54, 1.807) is 11.3 Å². The molecule has 0 saturated carbocycles. The number of nitrogens with zero attached hydrogens (tertiary/aromatic N) is 2. The standard InChI is InChI=1S/C16H23N3S/c1-5-12-7-6-8-18-14(12)11-17-9-13-10-19-15(20-13)16(2,3)4/h6-8,10,17H,5,9,11H2,1-4H3. The monoisotopic (exact) mass is 289 g/mol. The fraction of sp³-hybridized carbons (Fsp3) is 0.500. The molecular weight excluding hydrogens is 266 g/mol. The molecule has 1 N–H and O–H groups in total. The van der Waals surface area contributed by atoms with Crippen LogP contribution in [0.1, 0.15) is 48.8 Å². The van der Waals surface area contributed by atoms with Gasteiger partial charge >= 0.3 is 0 Å². The molecule has 2 heterocycles. The highest BCUT2D eigenvalue weighted by molar-refractivity contribution is 7.11. The minimum atomic E-state index is 0.138. The second-order valence-corrected chi connectivity index (χ2v) is 7.06. The second kappa shape index (κ2) is 6.46. The first kappa shape index (κ1) is 15.1. The highest BCUT2D eigenvalue weighted by Crippen LogP contribution is 2.26. The molecule has 0 aliphatic rings. The van der Waals surface area contributed by atoms with Crippen LogP contribution in [0.25, 0.3) is 0 Å². The average molecular weight is 289 g/mol. The van der Waals surface area contributed by atoms with Crippen LogP contribution in [0.15, 0.2) is 24.5 Å². The van der Waals surface area contributed by atoms with E-state index in [1.807, 2.05) is 18.5 Å². The van der Waals surface area contributed by atoms with Crippen LogP contribution in [0.4, 0.5) is 0 Å². The molecule has 0 aliphatic heterocycles. The fourth-order valence-electron chi connectivity index (χ4n) is 1.99. The molecule has 20 heavy (non-hydrogen) atoms. The summed E-state index contributed by atoms with van der Waals surface area (Å²) in [5, 5.41) is 4.66. The van der Waals surface area contributed by atoms with E-state index in [4.69, 9.17) is 0 Å². The van der Waals surface area contributed by atoms with E-state index in [-0.39, 0.29) is 5.41 Å². The van der Waals surface area contributed by atoms with Gasteiger partial charge in [0.1, 0.15) is 0 Å². The molecule has 0 aliphatic carbocycles. The van der Waals surface area contributed by atoms with Crippen molar-refractivity contribution in [2.45, 2.75) is 52.6 Å². The molecule has 0 bridgehead atoms. The Balaban J connectivity index is 1.91. The van der Waals surface area contributed by atoms with Gasteiger partial charge < -0.3 is 5.32 Å². The van der Waals surface area contributed by atoms with Crippen LogP contribution in [0.5, 0.6) is 0 Å². The summed E-state index contributed by atoms with van der Waals surface area (Å²) in [5.74, 6) is 0. The number of hydrogen-bond donors (Lipinski definition) is 1. The van der Waals surface area contributed by atoms with Crippen LogP contribution in [0.3, 0.4) is 0 Å². The first-order valence-electron chi connectivity index (χ1n) is 7.09. The van der Waals surface area contributed by atoms with Crippen molar-refractivity contribution in [1.29, 1.82) is 0 Å². The summed E-state index contributed by atoms with van der Waals surface area (Å²) in [6, 6.07) is 4.15. The van der Waals surface area contributed by atoms with Crippen LogP contribution in [0, 0.1) is 0 Å². The normalized spacial score (nSPS) is 11.8. The number of aryl methyl sites for hydroxylation is 1. The number of aromatic nitrogens is 2. The average Bonchev–Trinajstić information content (AvgIpc) is 2.88. The van der Waals surface area contributed by atoms with Crippen molar-refractivity contribution >= 4 is 11.3 Å². The zero-order chi connectivity index (χ0) is 14.6. The van der Waals surface area contributed by atoms with E-state index in [2.05, 4.69) is 49.0 Å². The zero-order valence-electron chi connectivity index (χ0n) is 12.7. The summed E-state index contributed by atoms with van der Waals surface area (Å²) >= 11 is 1.79. The zero-order valence-corrected chi connectivity index (χ0v) is 13.5. The van der Waals surface area contributed by atoms with Crippen molar-refractivity contribution in [2.75, 3.05) is 0 Å². The molecule has 2 rings (SSSR count). The van der Waals surface area contributed by atoms with Crippen molar-refractivity contribution in [3.05, 3.63) is 45.7 Å². The van der Waals surface area contributed by atoms with E-state index in [0.29, 0.717) is 0 Å². The second-order valence-electron chi connectivity index (χ2n) is 5.95. The maximum absolute atomic E-state index is 4.51. The van der Waals surface area contributed by atoms with Crippen molar-refractivity contribution in [2.24, 2.45) is 0 Å². The van der Waals surface area contributed by atoms with E-state index >= 15 is 0 Å². The third-order valence-corrected chi connectivity index (χ3v) is 4.58. The lowest BCUT2D eigenvalue weighted by Gasteiger charge is -2.13. The number of hydrogen-bond acceptors (Lipinski definition) is 4. The smallest absolute Gasteiger partial charge is 0.0981 e. The Morgan fingerprint density at radius 3 is 2.65 bits per heavy atom. The Kier molecular flexibility index (Phi) is 4.89. The van der Waals surface area contributed by atoms with Crippen LogP contribution in [0.2, 0.25) is 0 Å². The fourth-order valence-corrected chi connectivity index (χ4v) is 2.93. The third kappa shape index (κ3) is 3.87. The number of rotatable bonds is 5. The molecule has 0 aromatic carbocycles. The Hall–Kier alpha value is -1.26. The van der Waals surface area contributed by atoms with E-state index < -0.39 is 0 Å². The molecule has 0 unspecified atom stereocenters. The number of thiazole rings is 1. The molecule has 0 fully saturated rings. The van der Waals surface area contributed by atoms with Gasteiger partial charge in [0.05, 0.1) is 10.7 Å². The van der Waals surface area contributed by atoms with Gasteiger partial charge in [0.25, 0.3) is 0 Å². The van der Waals surface area contributed by atoms with Gasteiger partial charge in [0.2, 0.25) is 0 Å². The summed E-state index contributed by atoms with van der Waals surface area (Å²) in [5.41, 5.74) is 2.61. The molecule has 0 radical (unpaired) electrons. The summed E-state index contributed by atoms with van der Waals surface area (Å²) in [4.78, 5) is 10.2. The predicted molar refractivity (Wildman–Crippen MR) is 85.0 cm³/mol. The molecule has 2 aromatic heterocycles. The summed E-state index contributed by atoms with van der Waals surface area (Å²) < 4.78 is 0. The highest BCUT2D eigenvalue weighted by Gasteiger charge is 2.17. The summed E-state index contributed by atoms with van der Waals surface area (Å²) in [6.07, 6.45) is 4.87. The molecule has 3 nitrogen and oxygen atoms in total. The molecule has 108 valence electrons. The molecule has 0 amide bonds. The maximum Gasteiger partial charge on any atom is 0.0981 e. The first-order chi connectivity index (χ1) is 9.50. The Morgan fingerprint density at radius 2 is 2.00 bits per heavy atom. The largest absolute Gasteiger partial charge is 0.306 e. The van der Waals surface area contributed by atoms with Crippen molar-refractivity contribution in [3.63, 3.8) is 0 Å². The number of pyridine rings is 1. The van der Waals surface area contributed by atoms with E-state index in [1.165, 1.54) is 15.4 Å². The Labute approximate surface area is 125 Å². The molecule has 0 atom stereocenters. The number of nitrogens with one attached hydrogen (secondary N) is 1. The summed E-state index contributed by atoms with van der Waals surface area (Å²) in [6.45, 7) is 10.4. The van der Waals surface area contributed by atoms with Crippen LogP contribution >= 0.6 is 11.3 Å². The van der Waals surface area contributed by atoms with Crippen molar-refractivity contribution in [1.82, 2.24) is 15.3 Å². The van der Waals surface area contributed by atoms with Gasteiger partial charge in [-0.25, -0.2) is 4.98 Å². The van der Waals surface area contributed by atoms with Crippen molar-refractivity contribution < 1.29 is 0 Å². The molecule has 0 saturated heterocycles. The molecule has 2 aromatic rings. The predicted octanol–water partition coefficient (Wildman–Crippen LogP) is 3.69. The van der Waals surface area contributed by atoms with E-state index in [9.17, 15) is 0 Å². The van der Waals surface area contributed by atoms with Crippen LogP contribution in [-0.4, -0.2) is 9.97 Å². The highest BCUT2D eigenvalue weighted by atomic mass is 32.1. The lowest BCUT2D eigenvalue weighted by Crippen LogP contribution is -2.14. The first-order valence-corrected chi connectivity index (χ1v) is 7.91. The van der Waals surface area contributed by atoms with Gasteiger partial charge in [-0.1, -0.05) is 33.8 Å². The van der Waals surface area contributed by atoms with Crippen LogP contribution < -0.4 is 5.32 Å². The molecular formula is C16H23N3S. The molecule has 0 spiro atoms. The third-order valence-electron chi connectivity index (χ3n) is 3.15. The van der Waals surface area contributed by atoms with Crippen molar-refractivity contribution in [3.8, 4) is 0 Å². The lowest BCUT2D eigenvalue weighted by atomic mass is 9.98. The lowest BCUT2D eigenvalue weighted by molar-refractivity contribution is 0.585. The minimum absolute atomic E-state index is 0.138. The van der Waals surface area contributed by atoms with Gasteiger partial charge in [0, 0.05) is 35.8 Å². The Morgan fingerprint density at radius 1 is 1.20 bits per heavy atom. The van der Waals surface area contributed by atoms with Gasteiger partial charge in [-0.3, -0.25) is 4.98 Å². The van der Waals surface area contributed by atoms with Crippen LogP contribution in [-0.2, 0) is 24.9 Å².